The first-order valence-corrected chi connectivity index (χ1v) is 8.58. The summed E-state index contributed by atoms with van der Waals surface area (Å²) in [5, 5.41) is 8.36. The van der Waals surface area contributed by atoms with Crippen LogP contribution < -0.4 is 15.0 Å². The number of hydrogen-bond donors (Lipinski definition) is 1. The molecule has 5 heteroatoms. The zero-order valence-corrected chi connectivity index (χ0v) is 15.3. The predicted molar refractivity (Wildman–Crippen MR) is 97.6 cm³/mol. The van der Waals surface area contributed by atoms with Gasteiger partial charge in [-0.3, -0.25) is 4.68 Å². The highest BCUT2D eigenvalue weighted by Crippen LogP contribution is 2.41. The number of ether oxygens (including phenoxy) is 1. The van der Waals surface area contributed by atoms with Crippen LogP contribution in [-0.2, 0) is 13.6 Å². The number of aryl methyl sites for hydroxylation is 2. The molecule has 0 bridgehead atoms. The molecule has 1 N–H and O–H groups in total. The third-order valence-electron chi connectivity index (χ3n) is 4.80. The summed E-state index contributed by atoms with van der Waals surface area (Å²) in [4.78, 5) is 2.14. The lowest BCUT2D eigenvalue weighted by Gasteiger charge is -2.21. The topological polar surface area (TPSA) is 42.3 Å². The lowest BCUT2D eigenvalue weighted by molar-refractivity contribution is 0.413. The molecule has 130 valence electrons. The van der Waals surface area contributed by atoms with Gasteiger partial charge in [-0.2, -0.15) is 5.10 Å². The first-order valence-electron chi connectivity index (χ1n) is 8.58. The van der Waals surface area contributed by atoms with E-state index in [4.69, 9.17) is 4.74 Å². The van der Waals surface area contributed by atoms with Crippen LogP contribution in [0.25, 0.3) is 0 Å². The van der Waals surface area contributed by atoms with Crippen LogP contribution in [0.15, 0.2) is 24.3 Å². The highest BCUT2D eigenvalue weighted by atomic mass is 16.5. The Kier molecular flexibility index (Phi) is 4.81. The van der Waals surface area contributed by atoms with E-state index >= 15 is 0 Å². The van der Waals surface area contributed by atoms with Crippen LogP contribution in [-0.4, -0.2) is 31.0 Å². The molecule has 0 radical (unpaired) electrons. The van der Waals surface area contributed by atoms with E-state index in [0.717, 1.165) is 23.9 Å². The minimum Gasteiger partial charge on any atom is -0.497 e. The molecule has 0 aliphatic heterocycles. The molecule has 0 spiro atoms. The molecule has 24 heavy (non-hydrogen) atoms. The van der Waals surface area contributed by atoms with Gasteiger partial charge < -0.3 is 15.0 Å². The smallest absolute Gasteiger partial charge is 0.130 e. The Morgan fingerprint density at radius 1 is 1.29 bits per heavy atom. The average molecular weight is 328 g/mol. The summed E-state index contributed by atoms with van der Waals surface area (Å²) in [5.41, 5.74) is 3.71. The number of anilines is 1. The van der Waals surface area contributed by atoms with Crippen LogP contribution >= 0.6 is 0 Å². The van der Waals surface area contributed by atoms with Gasteiger partial charge in [-0.15, -0.1) is 0 Å². The number of benzene rings is 1. The summed E-state index contributed by atoms with van der Waals surface area (Å²) in [6.45, 7) is 2.92. The summed E-state index contributed by atoms with van der Waals surface area (Å²) in [5.74, 6) is 2.81. The van der Waals surface area contributed by atoms with Crippen LogP contribution in [0.1, 0.15) is 35.7 Å². The van der Waals surface area contributed by atoms with Crippen molar-refractivity contribution in [3.63, 3.8) is 0 Å². The van der Waals surface area contributed by atoms with Crippen molar-refractivity contribution in [1.29, 1.82) is 0 Å². The SMILES string of the molecule is COc1ccc([C@@H](NCc2c(C)nn(C)c2N(C)C)C2CC2)cc1. The Balaban J connectivity index is 1.78. The lowest BCUT2D eigenvalue weighted by Crippen LogP contribution is -2.24. The van der Waals surface area contributed by atoms with E-state index in [1.165, 1.54) is 29.8 Å². The molecule has 1 aromatic heterocycles. The molecule has 0 amide bonds. The molecular formula is C19H28N4O. The van der Waals surface area contributed by atoms with E-state index in [-0.39, 0.29) is 0 Å². The van der Waals surface area contributed by atoms with Crippen LogP contribution in [0.2, 0.25) is 0 Å². The van der Waals surface area contributed by atoms with Gasteiger partial charge in [0.05, 0.1) is 12.8 Å². The van der Waals surface area contributed by atoms with Crippen molar-refractivity contribution >= 4 is 5.82 Å². The third-order valence-corrected chi connectivity index (χ3v) is 4.80. The summed E-state index contributed by atoms with van der Waals surface area (Å²) >= 11 is 0. The lowest BCUT2D eigenvalue weighted by atomic mass is 10.0. The van der Waals surface area contributed by atoms with Gasteiger partial charge in [-0.25, -0.2) is 0 Å². The number of hydrogen-bond acceptors (Lipinski definition) is 4. The maximum absolute atomic E-state index is 5.28. The Morgan fingerprint density at radius 3 is 2.50 bits per heavy atom. The van der Waals surface area contributed by atoms with Gasteiger partial charge in [0.15, 0.2) is 0 Å². The molecule has 1 aliphatic rings. The van der Waals surface area contributed by atoms with Gasteiger partial charge in [0.1, 0.15) is 11.6 Å². The van der Waals surface area contributed by atoms with Gasteiger partial charge in [-0.05, 0) is 43.4 Å². The minimum atomic E-state index is 0.394. The van der Waals surface area contributed by atoms with Gasteiger partial charge >= 0.3 is 0 Å². The summed E-state index contributed by atoms with van der Waals surface area (Å²) < 4.78 is 7.24. The summed E-state index contributed by atoms with van der Waals surface area (Å²) in [7, 11) is 7.86. The normalized spacial score (nSPS) is 15.4. The summed E-state index contributed by atoms with van der Waals surface area (Å²) in [6.07, 6.45) is 2.60. The number of nitrogens with zero attached hydrogens (tertiary/aromatic N) is 3. The van der Waals surface area contributed by atoms with Crippen molar-refractivity contribution in [3.05, 3.63) is 41.1 Å². The van der Waals surface area contributed by atoms with Gasteiger partial charge in [-0.1, -0.05) is 12.1 Å². The molecule has 0 unspecified atom stereocenters. The van der Waals surface area contributed by atoms with Crippen molar-refractivity contribution in [2.45, 2.75) is 32.4 Å². The van der Waals surface area contributed by atoms with Crippen LogP contribution in [0.5, 0.6) is 5.75 Å². The first kappa shape index (κ1) is 16.8. The van der Waals surface area contributed by atoms with Crippen LogP contribution in [0.4, 0.5) is 5.82 Å². The molecular weight excluding hydrogens is 300 g/mol. The molecule has 1 heterocycles. The largest absolute Gasteiger partial charge is 0.497 e. The highest BCUT2D eigenvalue weighted by Gasteiger charge is 2.32. The van der Waals surface area contributed by atoms with Gasteiger partial charge in [0, 0.05) is 39.3 Å². The molecule has 5 nitrogen and oxygen atoms in total. The molecule has 1 saturated carbocycles. The van der Waals surface area contributed by atoms with E-state index in [2.05, 4.69) is 48.5 Å². The van der Waals surface area contributed by atoms with Gasteiger partial charge in [0.2, 0.25) is 0 Å². The van der Waals surface area contributed by atoms with Crippen molar-refractivity contribution in [2.75, 3.05) is 26.1 Å². The van der Waals surface area contributed by atoms with E-state index in [0.29, 0.717) is 6.04 Å². The van der Waals surface area contributed by atoms with Gasteiger partial charge in [0.25, 0.3) is 0 Å². The molecule has 1 fully saturated rings. The van der Waals surface area contributed by atoms with Crippen molar-refractivity contribution in [1.82, 2.24) is 15.1 Å². The van der Waals surface area contributed by atoms with E-state index in [9.17, 15) is 0 Å². The zero-order chi connectivity index (χ0) is 17.3. The van der Waals surface area contributed by atoms with E-state index in [1.54, 1.807) is 7.11 Å². The first-order chi connectivity index (χ1) is 11.5. The van der Waals surface area contributed by atoms with Crippen molar-refractivity contribution in [2.24, 2.45) is 13.0 Å². The Hall–Kier alpha value is -2.01. The van der Waals surface area contributed by atoms with Crippen LogP contribution in [0.3, 0.4) is 0 Å². The Bertz CT molecular complexity index is 686. The fourth-order valence-electron chi connectivity index (χ4n) is 3.47. The molecule has 1 atom stereocenters. The molecule has 1 aromatic carbocycles. The van der Waals surface area contributed by atoms with Crippen molar-refractivity contribution < 1.29 is 4.74 Å². The van der Waals surface area contributed by atoms with E-state index < -0.39 is 0 Å². The van der Waals surface area contributed by atoms with E-state index in [1.807, 2.05) is 23.9 Å². The number of methoxy groups -OCH3 is 1. The van der Waals surface area contributed by atoms with Crippen molar-refractivity contribution in [3.8, 4) is 5.75 Å². The third kappa shape index (κ3) is 3.41. The number of rotatable bonds is 7. The maximum atomic E-state index is 5.28. The second kappa shape index (κ2) is 6.85. The quantitative estimate of drug-likeness (QED) is 0.848. The average Bonchev–Trinajstić information content (AvgIpc) is 3.34. The number of nitrogens with one attached hydrogen (secondary N) is 1. The number of aromatic nitrogens is 2. The Labute approximate surface area is 144 Å². The summed E-state index contributed by atoms with van der Waals surface area (Å²) in [6, 6.07) is 8.85. The fourth-order valence-corrected chi connectivity index (χ4v) is 3.47. The fraction of sp³-hybridized carbons (Fsp3) is 0.526. The Morgan fingerprint density at radius 2 is 1.96 bits per heavy atom. The molecule has 0 saturated heterocycles. The second-order valence-corrected chi connectivity index (χ2v) is 6.87. The standard InChI is InChI=1S/C19H28N4O/c1-13-17(19(22(2)3)23(4)21-13)12-20-18(14-6-7-14)15-8-10-16(24-5)11-9-15/h8-11,14,18,20H,6-7,12H2,1-5H3/t18-/m0/s1. The predicted octanol–water partition coefficient (Wildman–Crippen LogP) is 3.04. The highest BCUT2D eigenvalue weighted by molar-refractivity contribution is 5.49. The minimum absolute atomic E-state index is 0.394. The monoisotopic (exact) mass is 328 g/mol. The second-order valence-electron chi connectivity index (χ2n) is 6.87. The molecule has 3 rings (SSSR count). The maximum Gasteiger partial charge on any atom is 0.130 e. The van der Waals surface area contributed by atoms with Crippen LogP contribution in [0, 0.1) is 12.8 Å². The molecule has 2 aromatic rings. The molecule has 1 aliphatic carbocycles. The zero-order valence-electron chi connectivity index (χ0n) is 15.3.